The van der Waals surface area contributed by atoms with Gasteiger partial charge >= 0.3 is 0 Å². The van der Waals surface area contributed by atoms with E-state index >= 15 is 0 Å². The van der Waals surface area contributed by atoms with E-state index in [9.17, 15) is 4.79 Å². The van der Waals surface area contributed by atoms with Crippen molar-refractivity contribution in [3.8, 4) is 0 Å². The van der Waals surface area contributed by atoms with Crippen LogP contribution in [0.1, 0.15) is 51.0 Å². The van der Waals surface area contributed by atoms with Crippen LogP contribution < -0.4 is 11.3 Å². The predicted molar refractivity (Wildman–Crippen MR) is 76.6 cm³/mol. The molecule has 1 aromatic rings. The smallest absolute Gasteiger partial charge is 0.261 e. The maximum absolute atomic E-state index is 12.0. The highest BCUT2D eigenvalue weighted by atomic mass is 16.4. The molecule has 1 heterocycles. The normalized spacial score (nSPS) is 11.7. The van der Waals surface area contributed by atoms with Crippen molar-refractivity contribution in [3.63, 3.8) is 0 Å². The zero-order chi connectivity index (χ0) is 14.1. The Morgan fingerprint density at radius 3 is 2.68 bits per heavy atom. The summed E-state index contributed by atoms with van der Waals surface area (Å²) in [4.78, 5) is 12.0. The van der Waals surface area contributed by atoms with Crippen molar-refractivity contribution in [3.05, 3.63) is 34.2 Å². The van der Waals surface area contributed by atoms with E-state index in [0.717, 1.165) is 12.8 Å². The van der Waals surface area contributed by atoms with Crippen molar-refractivity contribution in [1.29, 1.82) is 0 Å². The van der Waals surface area contributed by atoms with Gasteiger partial charge in [-0.2, -0.15) is 0 Å². The largest absolute Gasteiger partial charge is 0.409 e. The van der Waals surface area contributed by atoms with Gasteiger partial charge in [0, 0.05) is 12.7 Å². The van der Waals surface area contributed by atoms with Gasteiger partial charge in [-0.15, -0.1) is 0 Å². The van der Waals surface area contributed by atoms with Gasteiger partial charge in [0.25, 0.3) is 5.56 Å². The summed E-state index contributed by atoms with van der Waals surface area (Å²) in [6.45, 7) is 2.87. The fourth-order valence-electron chi connectivity index (χ4n) is 2.02. The number of rotatable bonds is 8. The van der Waals surface area contributed by atoms with Crippen molar-refractivity contribution in [2.75, 3.05) is 0 Å². The van der Waals surface area contributed by atoms with E-state index < -0.39 is 0 Å². The molecule has 3 N–H and O–H groups in total. The van der Waals surface area contributed by atoms with E-state index in [0.29, 0.717) is 6.54 Å². The topological polar surface area (TPSA) is 80.6 Å². The highest BCUT2D eigenvalue weighted by Gasteiger charge is 2.06. The number of aryl methyl sites for hydroxylation is 1. The molecule has 0 aromatic carbocycles. The summed E-state index contributed by atoms with van der Waals surface area (Å²) < 4.78 is 1.62. The Kier molecular flexibility index (Phi) is 6.71. The highest BCUT2D eigenvalue weighted by molar-refractivity contribution is 5.96. The van der Waals surface area contributed by atoms with Crippen LogP contribution in [0.5, 0.6) is 0 Å². The fourth-order valence-corrected chi connectivity index (χ4v) is 2.02. The Morgan fingerprint density at radius 2 is 2.00 bits per heavy atom. The second-order valence-electron chi connectivity index (χ2n) is 4.67. The summed E-state index contributed by atoms with van der Waals surface area (Å²) in [5, 5.41) is 11.5. The molecule has 0 saturated heterocycles. The monoisotopic (exact) mass is 265 g/mol. The van der Waals surface area contributed by atoms with Crippen molar-refractivity contribution >= 4 is 5.84 Å². The minimum Gasteiger partial charge on any atom is -0.409 e. The van der Waals surface area contributed by atoms with Crippen molar-refractivity contribution in [2.45, 2.75) is 52.0 Å². The number of nitrogens with two attached hydrogens (primary N) is 1. The van der Waals surface area contributed by atoms with Gasteiger partial charge in [-0.3, -0.25) is 4.79 Å². The summed E-state index contributed by atoms with van der Waals surface area (Å²) in [7, 11) is 0. The lowest BCUT2D eigenvalue weighted by Gasteiger charge is -2.07. The van der Waals surface area contributed by atoms with E-state index in [-0.39, 0.29) is 17.0 Å². The lowest BCUT2D eigenvalue weighted by Crippen LogP contribution is -2.29. The highest BCUT2D eigenvalue weighted by Crippen LogP contribution is 2.05. The molecule has 1 rings (SSSR count). The lowest BCUT2D eigenvalue weighted by atomic mass is 10.1. The molecule has 0 aliphatic heterocycles. The van der Waals surface area contributed by atoms with Crippen molar-refractivity contribution in [2.24, 2.45) is 10.9 Å². The Balaban J connectivity index is 2.53. The van der Waals surface area contributed by atoms with E-state index in [2.05, 4.69) is 12.1 Å². The summed E-state index contributed by atoms with van der Waals surface area (Å²) in [6.07, 6.45) is 8.82. The zero-order valence-electron chi connectivity index (χ0n) is 11.5. The van der Waals surface area contributed by atoms with E-state index in [1.165, 1.54) is 25.7 Å². The van der Waals surface area contributed by atoms with Crippen LogP contribution in [-0.4, -0.2) is 15.6 Å². The van der Waals surface area contributed by atoms with Crippen molar-refractivity contribution in [1.82, 2.24) is 4.57 Å². The first kappa shape index (κ1) is 15.3. The van der Waals surface area contributed by atoms with Gasteiger partial charge < -0.3 is 15.5 Å². The molecule has 0 radical (unpaired) electrons. The maximum atomic E-state index is 12.0. The molecule has 0 fully saturated rings. The van der Waals surface area contributed by atoms with E-state index in [1.54, 1.807) is 22.9 Å². The van der Waals surface area contributed by atoms with Gasteiger partial charge in [-0.1, -0.05) is 44.2 Å². The lowest BCUT2D eigenvalue weighted by molar-refractivity contribution is 0.318. The Morgan fingerprint density at radius 1 is 1.32 bits per heavy atom. The molecule has 106 valence electrons. The third-order valence-corrected chi connectivity index (χ3v) is 3.16. The second kappa shape index (κ2) is 8.34. The van der Waals surface area contributed by atoms with Gasteiger partial charge in [0.1, 0.15) is 0 Å². The second-order valence-corrected chi connectivity index (χ2v) is 4.67. The number of oxime groups is 1. The van der Waals surface area contributed by atoms with Crippen LogP contribution in [0.4, 0.5) is 0 Å². The van der Waals surface area contributed by atoms with Gasteiger partial charge in [0.05, 0.1) is 5.56 Å². The molecule has 1 aromatic heterocycles. The van der Waals surface area contributed by atoms with Gasteiger partial charge in [-0.05, 0) is 18.6 Å². The maximum Gasteiger partial charge on any atom is 0.261 e. The Labute approximate surface area is 113 Å². The third-order valence-electron chi connectivity index (χ3n) is 3.16. The molecular weight excluding hydrogens is 242 g/mol. The molecule has 0 amide bonds. The van der Waals surface area contributed by atoms with Gasteiger partial charge in [0.2, 0.25) is 0 Å². The van der Waals surface area contributed by atoms with Gasteiger partial charge in [-0.25, -0.2) is 0 Å². The molecular formula is C14H23N3O2. The number of amidine groups is 1. The zero-order valence-corrected chi connectivity index (χ0v) is 11.5. The van der Waals surface area contributed by atoms with Crippen LogP contribution in [0.3, 0.4) is 0 Å². The summed E-state index contributed by atoms with van der Waals surface area (Å²) in [6, 6.07) is 3.31. The molecule has 19 heavy (non-hydrogen) atoms. The summed E-state index contributed by atoms with van der Waals surface area (Å²) in [5.74, 6) is -0.137. The van der Waals surface area contributed by atoms with E-state index in [4.69, 9.17) is 10.9 Å². The molecule has 0 spiro atoms. The molecule has 0 aliphatic rings. The Bertz CT molecular complexity index is 466. The quantitative estimate of drug-likeness (QED) is 0.249. The molecule has 0 unspecified atom stereocenters. The van der Waals surface area contributed by atoms with Crippen LogP contribution >= 0.6 is 0 Å². The Hall–Kier alpha value is -1.78. The molecule has 0 bridgehead atoms. The van der Waals surface area contributed by atoms with Crippen LogP contribution in [0.15, 0.2) is 28.3 Å². The first-order chi connectivity index (χ1) is 9.20. The minimum atomic E-state index is -0.202. The molecule has 0 atom stereocenters. The standard InChI is InChI=1S/C14H23N3O2/c1-2-3-4-5-6-7-10-17-11-8-9-12(14(17)18)13(15)16-19/h8-9,11,19H,2-7,10H2,1H3,(H2,15,16). The molecule has 5 nitrogen and oxygen atoms in total. The minimum absolute atomic E-state index is 0.137. The van der Waals surface area contributed by atoms with Crippen LogP contribution in [0.2, 0.25) is 0 Å². The van der Waals surface area contributed by atoms with Crippen LogP contribution in [0.25, 0.3) is 0 Å². The number of unbranched alkanes of at least 4 members (excludes halogenated alkanes) is 5. The van der Waals surface area contributed by atoms with Crippen LogP contribution in [0, 0.1) is 0 Å². The third kappa shape index (κ3) is 4.77. The number of hydrogen-bond donors (Lipinski definition) is 2. The average molecular weight is 265 g/mol. The van der Waals surface area contributed by atoms with Gasteiger partial charge in [0.15, 0.2) is 5.84 Å². The number of nitrogens with zero attached hydrogens (tertiary/aromatic N) is 2. The molecule has 0 saturated carbocycles. The first-order valence-electron chi connectivity index (χ1n) is 6.88. The molecule has 5 heteroatoms. The number of aromatic nitrogens is 1. The number of hydrogen-bond acceptors (Lipinski definition) is 3. The average Bonchev–Trinajstić information content (AvgIpc) is 2.43. The first-order valence-corrected chi connectivity index (χ1v) is 6.88. The van der Waals surface area contributed by atoms with Crippen LogP contribution in [-0.2, 0) is 6.54 Å². The number of pyridine rings is 1. The summed E-state index contributed by atoms with van der Waals surface area (Å²) in [5.41, 5.74) is 5.50. The SMILES string of the molecule is CCCCCCCCn1cccc(/C(N)=N/O)c1=O. The predicted octanol–water partition coefficient (Wildman–Crippen LogP) is 2.30. The van der Waals surface area contributed by atoms with Crippen molar-refractivity contribution < 1.29 is 5.21 Å². The molecule has 0 aliphatic carbocycles. The summed E-state index contributed by atoms with van der Waals surface area (Å²) >= 11 is 0. The fraction of sp³-hybridized carbons (Fsp3) is 0.571. The van der Waals surface area contributed by atoms with E-state index in [1.807, 2.05) is 0 Å².